The van der Waals surface area contributed by atoms with Crippen molar-refractivity contribution in [1.82, 2.24) is 4.90 Å². The molecule has 1 heterocycles. The molecule has 154 valence electrons. The van der Waals surface area contributed by atoms with Crippen LogP contribution in [0.1, 0.15) is 28.4 Å². The Morgan fingerprint density at radius 2 is 1.79 bits per heavy atom. The number of halogens is 3. The van der Waals surface area contributed by atoms with Gasteiger partial charge in [-0.2, -0.15) is 13.2 Å². The molecule has 9 heteroatoms. The topological polar surface area (TPSA) is 67.9 Å². The molecular weight excluding hydrogens is 389 g/mol. The molecule has 1 aliphatic heterocycles. The minimum absolute atomic E-state index is 0.0193. The molecule has 1 N–H and O–H groups in total. The lowest BCUT2D eigenvalue weighted by Crippen LogP contribution is -2.31. The molecule has 0 fully saturated rings. The maximum absolute atomic E-state index is 13.1. The first-order valence-electron chi connectivity index (χ1n) is 8.73. The number of Topliss-reactive ketones (excluding diaryl/α,β-unsaturated/α-hetero) is 1. The van der Waals surface area contributed by atoms with Crippen molar-refractivity contribution in [3.05, 3.63) is 53.1 Å². The highest BCUT2D eigenvalue weighted by molar-refractivity contribution is 6.05. The van der Waals surface area contributed by atoms with Crippen LogP contribution in [0.15, 0.2) is 36.4 Å². The van der Waals surface area contributed by atoms with Gasteiger partial charge in [-0.1, -0.05) is 18.2 Å². The van der Waals surface area contributed by atoms with Gasteiger partial charge < -0.3 is 14.8 Å². The Hall–Kier alpha value is -3.07. The highest BCUT2D eigenvalue weighted by atomic mass is 19.4. The van der Waals surface area contributed by atoms with E-state index in [9.17, 15) is 22.8 Å². The largest absolute Gasteiger partial charge is 0.454 e. The highest BCUT2D eigenvalue weighted by Gasteiger charge is 2.33. The molecule has 0 radical (unpaired) electrons. The first-order chi connectivity index (χ1) is 13.6. The van der Waals surface area contributed by atoms with E-state index in [4.69, 9.17) is 9.47 Å². The summed E-state index contributed by atoms with van der Waals surface area (Å²) in [5, 5.41) is 2.62. The molecule has 0 aromatic heterocycles. The zero-order chi connectivity index (χ0) is 21.2. The van der Waals surface area contributed by atoms with E-state index in [0.29, 0.717) is 11.5 Å². The van der Waals surface area contributed by atoms with Gasteiger partial charge in [0.2, 0.25) is 12.7 Å². The summed E-state index contributed by atoms with van der Waals surface area (Å²) in [6.45, 7) is 1.14. The van der Waals surface area contributed by atoms with E-state index >= 15 is 0 Å². The number of amides is 1. The molecule has 1 amide bonds. The number of carbonyl (C=O) groups excluding carboxylic acids is 2. The molecule has 6 nitrogen and oxygen atoms in total. The Balaban J connectivity index is 1.70. The lowest BCUT2D eigenvalue weighted by Gasteiger charge is -2.20. The summed E-state index contributed by atoms with van der Waals surface area (Å²) < 4.78 is 49.9. The fourth-order valence-corrected chi connectivity index (χ4v) is 3.05. The molecule has 2 aromatic rings. The zero-order valence-corrected chi connectivity index (χ0v) is 15.8. The molecule has 0 spiro atoms. The first kappa shape index (κ1) is 20.7. The standard InChI is InChI=1S/C20H19F3N2O4/c1-12(26)14-7-17-18(29-11-28-17)8-16(14)24-19(27)10-25(2)9-13-5-3-4-6-15(13)20(21,22)23/h3-8H,9-11H2,1-2H3,(H,24,27). The minimum atomic E-state index is -4.47. The van der Waals surface area contributed by atoms with Crippen LogP contribution in [0, 0.1) is 0 Å². The Bertz CT molecular complexity index is 944. The molecule has 0 aliphatic carbocycles. The number of fused-ring (bicyclic) bond motifs is 1. The number of nitrogens with zero attached hydrogens (tertiary/aromatic N) is 1. The molecule has 0 bridgehead atoms. The summed E-state index contributed by atoms with van der Waals surface area (Å²) >= 11 is 0. The number of carbonyl (C=O) groups is 2. The predicted octanol–water partition coefficient (Wildman–Crippen LogP) is 3.71. The maximum atomic E-state index is 13.1. The van der Waals surface area contributed by atoms with Gasteiger partial charge in [0.15, 0.2) is 17.3 Å². The van der Waals surface area contributed by atoms with E-state index in [2.05, 4.69) is 5.32 Å². The fourth-order valence-electron chi connectivity index (χ4n) is 3.05. The normalized spacial score (nSPS) is 12.9. The quantitative estimate of drug-likeness (QED) is 0.739. The van der Waals surface area contributed by atoms with Crippen LogP contribution in [0.4, 0.5) is 18.9 Å². The van der Waals surface area contributed by atoms with Crippen LogP contribution in [0.5, 0.6) is 11.5 Å². The van der Waals surface area contributed by atoms with Gasteiger partial charge in [0.1, 0.15) is 0 Å². The molecule has 3 rings (SSSR count). The summed E-state index contributed by atoms with van der Waals surface area (Å²) in [6, 6.07) is 8.21. The number of ether oxygens (including phenoxy) is 2. The third-order valence-corrected chi connectivity index (χ3v) is 4.34. The van der Waals surface area contributed by atoms with Gasteiger partial charge in [0, 0.05) is 18.2 Å². The monoisotopic (exact) mass is 408 g/mol. The van der Waals surface area contributed by atoms with Crippen molar-refractivity contribution in [2.45, 2.75) is 19.6 Å². The van der Waals surface area contributed by atoms with E-state index in [-0.39, 0.29) is 42.5 Å². The summed E-state index contributed by atoms with van der Waals surface area (Å²) in [6.07, 6.45) is -4.47. The van der Waals surface area contributed by atoms with Crippen LogP contribution in [-0.2, 0) is 17.5 Å². The van der Waals surface area contributed by atoms with Gasteiger partial charge in [-0.3, -0.25) is 14.5 Å². The van der Waals surface area contributed by atoms with E-state index in [1.807, 2.05) is 0 Å². The van der Waals surface area contributed by atoms with Crippen LogP contribution in [0.3, 0.4) is 0 Å². The number of ketones is 1. The molecule has 1 aliphatic rings. The van der Waals surface area contributed by atoms with Crippen molar-refractivity contribution < 1.29 is 32.2 Å². The van der Waals surface area contributed by atoms with E-state index in [1.165, 1.54) is 49.2 Å². The average Bonchev–Trinajstić information content (AvgIpc) is 3.07. The van der Waals surface area contributed by atoms with Gasteiger partial charge in [0.05, 0.1) is 17.8 Å². The predicted molar refractivity (Wildman–Crippen MR) is 99.0 cm³/mol. The van der Waals surface area contributed by atoms with Crippen molar-refractivity contribution in [3.8, 4) is 11.5 Å². The van der Waals surface area contributed by atoms with Crippen LogP contribution < -0.4 is 14.8 Å². The summed E-state index contributed by atoms with van der Waals surface area (Å²) in [7, 11) is 1.54. The first-order valence-corrected chi connectivity index (χ1v) is 8.73. The molecule has 29 heavy (non-hydrogen) atoms. The Morgan fingerprint density at radius 1 is 1.14 bits per heavy atom. The van der Waals surface area contributed by atoms with Crippen molar-refractivity contribution in [2.75, 3.05) is 25.7 Å². The zero-order valence-electron chi connectivity index (χ0n) is 15.8. The number of benzene rings is 2. The van der Waals surface area contributed by atoms with Gasteiger partial charge in [-0.05, 0) is 31.7 Å². The number of hydrogen-bond acceptors (Lipinski definition) is 5. The van der Waals surface area contributed by atoms with Crippen LogP contribution >= 0.6 is 0 Å². The summed E-state index contributed by atoms with van der Waals surface area (Å²) in [5.41, 5.74) is -0.145. The Labute approximate surface area is 165 Å². The number of alkyl halides is 3. The lowest BCUT2D eigenvalue weighted by atomic mass is 10.1. The Kier molecular flexibility index (Phi) is 5.78. The lowest BCUT2D eigenvalue weighted by molar-refractivity contribution is -0.138. The van der Waals surface area contributed by atoms with Gasteiger partial charge >= 0.3 is 6.18 Å². The molecule has 0 saturated heterocycles. The van der Waals surface area contributed by atoms with Crippen LogP contribution in [0.2, 0.25) is 0 Å². The van der Waals surface area contributed by atoms with Crippen LogP contribution in [0.25, 0.3) is 0 Å². The van der Waals surface area contributed by atoms with Crippen molar-refractivity contribution in [3.63, 3.8) is 0 Å². The van der Waals surface area contributed by atoms with E-state index in [1.54, 1.807) is 0 Å². The minimum Gasteiger partial charge on any atom is -0.454 e. The summed E-state index contributed by atoms with van der Waals surface area (Å²) in [5.74, 6) is 0.0660. The number of rotatable bonds is 6. The molecular formula is C20H19F3N2O4. The number of hydrogen-bond donors (Lipinski definition) is 1. The van der Waals surface area contributed by atoms with Gasteiger partial charge in [0.25, 0.3) is 0 Å². The van der Waals surface area contributed by atoms with Crippen molar-refractivity contribution >= 4 is 17.4 Å². The smallest absolute Gasteiger partial charge is 0.416 e. The number of nitrogens with one attached hydrogen (secondary N) is 1. The van der Waals surface area contributed by atoms with Gasteiger partial charge in [-0.25, -0.2) is 0 Å². The molecule has 2 aromatic carbocycles. The Morgan fingerprint density at radius 3 is 2.45 bits per heavy atom. The number of anilines is 1. The molecule has 0 saturated carbocycles. The molecule has 0 unspecified atom stereocenters. The SMILES string of the molecule is CC(=O)c1cc2c(cc1NC(=O)CN(C)Cc1ccccc1C(F)(F)F)OCO2. The van der Waals surface area contributed by atoms with Gasteiger partial charge in [-0.15, -0.1) is 0 Å². The van der Waals surface area contributed by atoms with Crippen LogP contribution in [-0.4, -0.2) is 37.0 Å². The fraction of sp³-hybridized carbons (Fsp3) is 0.300. The third-order valence-electron chi connectivity index (χ3n) is 4.34. The van der Waals surface area contributed by atoms with Crippen molar-refractivity contribution in [2.24, 2.45) is 0 Å². The van der Waals surface area contributed by atoms with E-state index in [0.717, 1.165) is 6.07 Å². The highest BCUT2D eigenvalue weighted by Crippen LogP contribution is 2.37. The second kappa shape index (κ2) is 8.12. The second-order valence-electron chi connectivity index (χ2n) is 6.68. The molecule has 0 atom stereocenters. The average molecular weight is 408 g/mol. The maximum Gasteiger partial charge on any atom is 0.416 e. The second-order valence-corrected chi connectivity index (χ2v) is 6.68. The number of likely N-dealkylation sites (N-methyl/N-ethyl adjacent to an activating group) is 1. The summed E-state index contributed by atoms with van der Waals surface area (Å²) in [4.78, 5) is 25.7. The van der Waals surface area contributed by atoms with E-state index < -0.39 is 17.6 Å². The van der Waals surface area contributed by atoms with Crippen molar-refractivity contribution in [1.29, 1.82) is 0 Å². The third kappa shape index (κ3) is 4.86.